The fourth-order valence-corrected chi connectivity index (χ4v) is 3.49. The van der Waals surface area contributed by atoms with Crippen LogP contribution in [0.25, 0.3) is 22.2 Å². The molecular weight excluding hydrogens is 334 g/mol. The molecular formula is C15H12F2N6S. The number of aromatic nitrogens is 6. The van der Waals surface area contributed by atoms with Crippen LogP contribution in [0.2, 0.25) is 0 Å². The van der Waals surface area contributed by atoms with Crippen molar-refractivity contribution in [2.24, 2.45) is 0 Å². The molecule has 0 saturated carbocycles. The Balaban J connectivity index is 1.72. The van der Waals surface area contributed by atoms with Gasteiger partial charge < -0.3 is 4.98 Å². The average molecular weight is 346 g/mol. The zero-order valence-corrected chi connectivity index (χ0v) is 13.3. The molecule has 9 heteroatoms. The van der Waals surface area contributed by atoms with Crippen LogP contribution in [0.3, 0.4) is 0 Å². The van der Waals surface area contributed by atoms with E-state index < -0.39 is 6.55 Å². The molecule has 0 bridgehead atoms. The molecule has 1 N–H and O–H groups in total. The lowest BCUT2D eigenvalue weighted by atomic mass is 10.3. The third-order valence-electron chi connectivity index (χ3n) is 3.61. The van der Waals surface area contributed by atoms with E-state index in [2.05, 4.69) is 24.9 Å². The van der Waals surface area contributed by atoms with Gasteiger partial charge in [-0.2, -0.15) is 8.78 Å². The molecule has 24 heavy (non-hydrogen) atoms. The lowest BCUT2D eigenvalue weighted by molar-refractivity contribution is 0.0715. The number of rotatable bonds is 4. The van der Waals surface area contributed by atoms with Crippen LogP contribution >= 0.6 is 11.8 Å². The highest BCUT2D eigenvalue weighted by Crippen LogP contribution is 2.36. The maximum absolute atomic E-state index is 13.5. The second-order valence-electron chi connectivity index (χ2n) is 5.17. The van der Waals surface area contributed by atoms with Crippen molar-refractivity contribution in [2.45, 2.75) is 23.9 Å². The number of benzene rings is 1. The smallest absolute Gasteiger partial charge is 0.320 e. The van der Waals surface area contributed by atoms with E-state index in [0.29, 0.717) is 33.2 Å². The van der Waals surface area contributed by atoms with Gasteiger partial charge in [0.15, 0.2) is 10.8 Å². The maximum Gasteiger partial charge on any atom is 0.320 e. The molecule has 0 aliphatic heterocycles. The van der Waals surface area contributed by atoms with Crippen molar-refractivity contribution in [1.82, 2.24) is 29.5 Å². The quantitative estimate of drug-likeness (QED) is 0.567. The summed E-state index contributed by atoms with van der Waals surface area (Å²) >= 11 is 1.32. The molecule has 122 valence electrons. The lowest BCUT2D eigenvalue weighted by Gasteiger charge is -2.12. The Morgan fingerprint density at radius 3 is 2.83 bits per heavy atom. The van der Waals surface area contributed by atoms with Crippen molar-refractivity contribution in [3.05, 3.63) is 42.6 Å². The fourth-order valence-electron chi connectivity index (χ4n) is 2.57. The van der Waals surface area contributed by atoms with Crippen LogP contribution in [0.4, 0.5) is 8.78 Å². The number of nitrogens with one attached hydrogen (secondary N) is 1. The van der Waals surface area contributed by atoms with Crippen LogP contribution < -0.4 is 0 Å². The van der Waals surface area contributed by atoms with Gasteiger partial charge in [0.2, 0.25) is 0 Å². The summed E-state index contributed by atoms with van der Waals surface area (Å²) in [6.45, 7) is -0.833. The molecule has 0 saturated heterocycles. The summed E-state index contributed by atoms with van der Waals surface area (Å²) in [5.74, 6) is 0.308. The summed E-state index contributed by atoms with van der Waals surface area (Å²) in [5.41, 5.74) is 2.22. The van der Waals surface area contributed by atoms with Crippen LogP contribution in [0.15, 0.2) is 41.9 Å². The van der Waals surface area contributed by atoms with Crippen LogP contribution in [0.5, 0.6) is 0 Å². The highest BCUT2D eigenvalue weighted by molar-refractivity contribution is 7.99. The van der Waals surface area contributed by atoms with Crippen molar-refractivity contribution < 1.29 is 8.78 Å². The van der Waals surface area contributed by atoms with Crippen molar-refractivity contribution >= 4 is 34.0 Å². The van der Waals surface area contributed by atoms with E-state index in [1.165, 1.54) is 18.1 Å². The maximum atomic E-state index is 13.5. The third kappa shape index (κ3) is 2.50. The molecule has 0 aliphatic rings. The standard InChI is InChI=1S/C15H12F2N6S/c1-8(24-15-21-10-6-18-7-19-12(10)22-15)13-20-9-4-2-3-5-11(9)23(13)14(16)17/h2-8,14H,1H3,(H,18,19,21,22). The van der Waals surface area contributed by atoms with Gasteiger partial charge in [-0.15, -0.1) is 0 Å². The van der Waals surface area contributed by atoms with Gasteiger partial charge in [-0.25, -0.2) is 19.9 Å². The van der Waals surface area contributed by atoms with Gasteiger partial charge in [-0.3, -0.25) is 4.57 Å². The van der Waals surface area contributed by atoms with E-state index in [1.807, 2.05) is 6.92 Å². The predicted octanol–water partition coefficient (Wildman–Crippen LogP) is 3.95. The predicted molar refractivity (Wildman–Crippen MR) is 86.9 cm³/mol. The van der Waals surface area contributed by atoms with E-state index in [0.717, 1.165) is 4.57 Å². The molecule has 3 heterocycles. The SMILES string of the molecule is CC(Sc1nc2ncncc2[nH]1)c1nc2ccccc2n1C(F)F. The number of H-pyrrole nitrogens is 1. The van der Waals surface area contributed by atoms with Crippen molar-refractivity contribution in [1.29, 1.82) is 0 Å². The molecule has 4 aromatic rings. The molecule has 1 unspecified atom stereocenters. The molecule has 0 radical (unpaired) electrons. The zero-order chi connectivity index (χ0) is 16.7. The Hall–Kier alpha value is -2.55. The van der Waals surface area contributed by atoms with E-state index in [9.17, 15) is 8.78 Å². The Morgan fingerprint density at radius 2 is 2.04 bits per heavy atom. The minimum absolute atomic E-state index is 0.308. The summed E-state index contributed by atoms with van der Waals surface area (Å²) in [5, 5.41) is 0.269. The van der Waals surface area contributed by atoms with Gasteiger partial charge in [0.1, 0.15) is 17.7 Å². The number of fused-ring (bicyclic) bond motifs is 2. The monoisotopic (exact) mass is 346 g/mol. The summed E-state index contributed by atoms with van der Waals surface area (Å²) in [6, 6.07) is 6.88. The zero-order valence-electron chi connectivity index (χ0n) is 12.5. The van der Waals surface area contributed by atoms with Crippen LogP contribution in [-0.4, -0.2) is 29.5 Å². The van der Waals surface area contributed by atoms with Crippen LogP contribution in [0.1, 0.15) is 24.5 Å². The first kappa shape index (κ1) is 15.0. The highest BCUT2D eigenvalue weighted by Gasteiger charge is 2.23. The minimum Gasteiger partial charge on any atom is -0.330 e. The number of hydrogen-bond acceptors (Lipinski definition) is 5. The molecule has 0 fully saturated rings. The van der Waals surface area contributed by atoms with Gasteiger partial charge in [-0.05, 0) is 19.1 Å². The molecule has 0 aliphatic carbocycles. The largest absolute Gasteiger partial charge is 0.330 e. The van der Waals surface area contributed by atoms with Crippen molar-refractivity contribution in [3.8, 4) is 0 Å². The van der Waals surface area contributed by atoms with Crippen LogP contribution in [0, 0.1) is 0 Å². The summed E-state index contributed by atoms with van der Waals surface area (Å²) in [4.78, 5) is 19.8. The van der Waals surface area contributed by atoms with E-state index >= 15 is 0 Å². The molecule has 4 rings (SSSR count). The van der Waals surface area contributed by atoms with Crippen molar-refractivity contribution in [2.75, 3.05) is 0 Å². The molecule has 1 aromatic carbocycles. The first-order valence-corrected chi connectivity index (χ1v) is 8.09. The number of imidazole rings is 2. The van der Waals surface area contributed by atoms with Gasteiger partial charge in [0.25, 0.3) is 0 Å². The lowest BCUT2D eigenvalue weighted by Crippen LogP contribution is -2.06. The van der Waals surface area contributed by atoms with E-state index in [-0.39, 0.29) is 5.25 Å². The molecule has 3 aromatic heterocycles. The number of hydrogen-bond donors (Lipinski definition) is 1. The fraction of sp³-hybridized carbons (Fsp3) is 0.200. The van der Waals surface area contributed by atoms with Crippen molar-refractivity contribution in [3.63, 3.8) is 0 Å². The van der Waals surface area contributed by atoms with Crippen LogP contribution in [-0.2, 0) is 0 Å². The topological polar surface area (TPSA) is 72.3 Å². The normalized spacial score (nSPS) is 13.2. The van der Waals surface area contributed by atoms with Gasteiger partial charge in [0.05, 0.1) is 22.5 Å². The first-order chi connectivity index (χ1) is 11.6. The molecule has 0 amide bonds. The molecule has 0 spiro atoms. The molecule has 6 nitrogen and oxygen atoms in total. The molecule has 1 atom stereocenters. The van der Waals surface area contributed by atoms with Gasteiger partial charge in [0, 0.05) is 0 Å². The number of para-hydroxylation sites is 2. The van der Waals surface area contributed by atoms with E-state index in [1.54, 1.807) is 30.5 Å². The summed E-state index contributed by atoms with van der Waals surface area (Å²) in [7, 11) is 0. The average Bonchev–Trinajstić information content (AvgIpc) is 3.15. The number of nitrogens with zero attached hydrogens (tertiary/aromatic N) is 5. The Morgan fingerprint density at radius 1 is 1.21 bits per heavy atom. The summed E-state index contributed by atoms with van der Waals surface area (Å²) in [6.07, 6.45) is 3.04. The summed E-state index contributed by atoms with van der Waals surface area (Å²) < 4.78 is 28.0. The second kappa shape index (κ2) is 5.82. The van der Waals surface area contributed by atoms with Gasteiger partial charge in [-0.1, -0.05) is 23.9 Å². The third-order valence-corrected chi connectivity index (χ3v) is 4.59. The Bertz CT molecular complexity index is 978. The number of aromatic amines is 1. The van der Waals surface area contributed by atoms with E-state index in [4.69, 9.17) is 0 Å². The second-order valence-corrected chi connectivity index (χ2v) is 6.50. The Kier molecular flexibility index (Phi) is 3.64. The number of thioether (sulfide) groups is 1. The number of alkyl halides is 2. The van der Waals surface area contributed by atoms with Gasteiger partial charge >= 0.3 is 6.55 Å². The Labute approximate surface area is 139 Å². The minimum atomic E-state index is -2.66. The highest BCUT2D eigenvalue weighted by atomic mass is 32.2. The number of halogens is 2. The first-order valence-electron chi connectivity index (χ1n) is 7.21.